The van der Waals surface area contributed by atoms with Gasteiger partial charge in [-0.3, -0.25) is 4.84 Å². The van der Waals surface area contributed by atoms with Crippen molar-refractivity contribution in [1.82, 2.24) is 24.5 Å². The number of hydrogen-bond donors (Lipinski definition) is 1. The normalized spacial score (nSPS) is 17.6. The van der Waals surface area contributed by atoms with E-state index in [2.05, 4.69) is 24.9 Å². The third-order valence-electron chi connectivity index (χ3n) is 4.65. The molecule has 0 bridgehead atoms. The van der Waals surface area contributed by atoms with Crippen LogP contribution in [-0.4, -0.2) is 45.0 Å². The van der Waals surface area contributed by atoms with Crippen LogP contribution in [0.1, 0.15) is 25.0 Å². The molecule has 1 aliphatic rings. The molecule has 3 aromatic heterocycles. The minimum atomic E-state index is -2.63. The van der Waals surface area contributed by atoms with Gasteiger partial charge >= 0.3 is 0 Å². The second-order valence-corrected chi connectivity index (χ2v) is 7.07. The van der Waals surface area contributed by atoms with Gasteiger partial charge in [-0.25, -0.2) is 23.3 Å². The lowest BCUT2D eigenvalue weighted by molar-refractivity contribution is 0.0152. The highest BCUT2D eigenvalue weighted by Gasteiger charge is 2.22. The molecule has 0 amide bonds. The summed E-state index contributed by atoms with van der Waals surface area (Å²) in [4.78, 5) is 19.4. The van der Waals surface area contributed by atoms with E-state index in [1.807, 2.05) is 18.4 Å². The molecule has 1 unspecified atom stereocenters. The zero-order chi connectivity index (χ0) is 19.5. The Kier molecular flexibility index (Phi) is 5.69. The second kappa shape index (κ2) is 8.38. The monoisotopic (exact) mass is 406 g/mol. The molecule has 0 spiro atoms. The number of halogens is 2. The maximum Gasteiger partial charge on any atom is 0.282 e. The van der Waals surface area contributed by atoms with Crippen molar-refractivity contribution in [2.75, 3.05) is 24.2 Å². The summed E-state index contributed by atoms with van der Waals surface area (Å²) in [5.41, 5.74) is 1.71. The third-order valence-corrected chi connectivity index (χ3v) is 4.91. The van der Waals surface area contributed by atoms with Crippen LogP contribution in [0.4, 0.5) is 14.6 Å². The largest absolute Gasteiger partial charge is 0.354 e. The smallest absolute Gasteiger partial charge is 0.282 e. The molecule has 1 atom stereocenters. The van der Waals surface area contributed by atoms with Gasteiger partial charge in [0.2, 0.25) is 0 Å². The Labute approximate surface area is 165 Å². The maximum absolute atomic E-state index is 13.0. The number of nitrogens with zero attached hydrogens (tertiary/aromatic N) is 5. The van der Waals surface area contributed by atoms with Crippen LogP contribution in [0.15, 0.2) is 36.7 Å². The Morgan fingerprint density at radius 3 is 3.00 bits per heavy atom. The summed E-state index contributed by atoms with van der Waals surface area (Å²) >= 11 is 1.42. The van der Waals surface area contributed by atoms with Crippen LogP contribution in [-0.2, 0) is 4.84 Å². The number of rotatable bonds is 6. The molecule has 0 aromatic carbocycles. The number of pyridine rings is 1. The lowest BCUT2D eigenvalue weighted by atomic mass is 10.1. The molecule has 1 fully saturated rings. The average Bonchev–Trinajstić information content (AvgIpc) is 3.16. The lowest BCUT2D eigenvalue weighted by Gasteiger charge is -2.33. The van der Waals surface area contributed by atoms with E-state index in [0.717, 1.165) is 37.3 Å². The molecule has 4 heterocycles. The Balaban J connectivity index is 1.62. The van der Waals surface area contributed by atoms with Gasteiger partial charge in [0.05, 0.1) is 18.0 Å². The van der Waals surface area contributed by atoms with Crippen molar-refractivity contribution >= 4 is 23.4 Å². The van der Waals surface area contributed by atoms with Crippen LogP contribution in [0, 0.1) is 0 Å². The molecule has 28 heavy (non-hydrogen) atoms. The molecule has 7 nitrogen and oxygen atoms in total. The molecule has 10 heteroatoms. The molecule has 0 aliphatic carbocycles. The standard InChI is InChI=1S/C18H20F2N6OS/c1-28-24-27-13-3-2-8-25(11-13)17-9-12(6-7-21-17)15-10-22-16-5-4-14(18(19)20)23-26(15)16/h4-7,9-10,13,18,24H,2-3,8,11H2,1H3. The summed E-state index contributed by atoms with van der Waals surface area (Å²) in [6.45, 7) is 1.61. The van der Waals surface area contributed by atoms with E-state index in [0.29, 0.717) is 11.3 Å². The summed E-state index contributed by atoms with van der Waals surface area (Å²) in [5, 5.41) is 4.04. The van der Waals surface area contributed by atoms with Crippen LogP contribution in [0.2, 0.25) is 0 Å². The van der Waals surface area contributed by atoms with Crippen molar-refractivity contribution < 1.29 is 13.6 Å². The van der Waals surface area contributed by atoms with Crippen LogP contribution in [0.5, 0.6) is 0 Å². The first-order valence-electron chi connectivity index (χ1n) is 8.93. The number of anilines is 1. The topological polar surface area (TPSA) is 67.6 Å². The first kappa shape index (κ1) is 19.0. The average molecular weight is 406 g/mol. The maximum atomic E-state index is 13.0. The highest BCUT2D eigenvalue weighted by atomic mass is 32.2. The van der Waals surface area contributed by atoms with Crippen LogP contribution in [0.3, 0.4) is 0 Å². The van der Waals surface area contributed by atoms with Gasteiger partial charge in [0.15, 0.2) is 5.65 Å². The van der Waals surface area contributed by atoms with Gasteiger partial charge in [0.1, 0.15) is 11.5 Å². The first-order valence-corrected chi connectivity index (χ1v) is 10.2. The molecule has 1 saturated heterocycles. The van der Waals surface area contributed by atoms with Crippen LogP contribution >= 0.6 is 11.9 Å². The van der Waals surface area contributed by atoms with Crippen LogP contribution in [0.25, 0.3) is 16.9 Å². The van der Waals surface area contributed by atoms with Gasteiger partial charge < -0.3 is 4.90 Å². The summed E-state index contributed by atoms with van der Waals surface area (Å²) < 4.78 is 27.5. The number of aromatic nitrogens is 4. The van der Waals surface area contributed by atoms with Gasteiger partial charge in [0.25, 0.3) is 6.43 Å². The number of imidazole rings is 1. The Hall–Kier alpha value is -2.30. The van der Waals surface area contributed by atoms with Crippen molar-refractivity contribution in [3.8, 4) is 11.3 Å². The Morgan fingerprint density at radius 2 is 2.18 bits per heavy atom. The van der Waals surface area contributed by atoms with E-state index in [4.69, 9.17) is 4.84 Å². The van der Waals surface area contributed by atoms with E-state index in [1.54, 1.807) is 18.5 Å². The minimum absolute atomic E-state index is 0.0812. The fourth-order valence-electron chi connectivity index (χ4n) is 3.31. The first-order chi connectivity index (χ1) is 13.7. The van der Waals surface area contributed by atoms with E-state index in [-0.39, 0.29) is 11.8 Å². The van der Waals surface area contributed by atoms with Crippen molar-refractivity contribution in [2.45, 2.75) is 25.4 Å². The van der Waals surface area contributed by atoms with Crippen molar-refractivity contribution in [3.05, 3.63) is 42.4 Å². The SMILES string of the molecule is CSNOC1CCCN(c2cc(-c3cnc4ccc(C(F)F)nn34)ccn2)C1. The molecule has 1 N–H and O–H groups in total. The molecule has 0 radical (unpaired) electrons. The van der Waals surface area contributed by atoms with Crippen LogP contribution < -0.4 is 9.79 Å². The molecule has 4 rings (SSSR count). The fourth-order valence-corrected chi connectivity index (χ4v) is 3.54. The van der Waals surface area contributed by atoms with E-state index >= 15 is 0 Å². The summed E-state index contributed by atoms with van der Waals surface area (Å²) in [6.07, 6.45) is 4.70. The quantitative estimate of drug-likeness (QED) is 0.496. The van der Waals surface area contributed by atoms with E-state index in [1.165, 1.54) is 22.5 Å². The Bertz CT molecular complexity index is 953. The highest BCUT2D eigenvalue weighted by Crippen LogP contribution is 2.26. The zero-order valence-electron chi connectivity index (χ0n) is 15.3. The van der Waals surface area contributed by atoms with Gasteiger partial charge in [-0.15, -0.1) is 4.89 Å². The van der Waals surface area contributed by atoms with Crippen molar-refractivity contribution in [3.63, 3.8) is 0 Å². The molecular formula is C18H20F2N6OS. The third kappa shape index (κ3) is 3.94. The van der Waals surface area contributed by atoms with Crippen molar-refractivity contribution in [1.29, 1.82) is 0 Å². The number of alkyl halides is 2. The predicted octanol–water partition coefficient (Wildman–Crippen LogP) is 3.50. The highest BCUT2D eigenvalue weighted by molar-refractivity contribution is 7.96. The van der Waals surface area contributed by atoms with Gasteiger partial charge in [-0.2, -0.15) is 5.10 Å². The summed E-state index contributed by atoms with van der Waals surface area (Å²) in [6, 6.07) is 6.61. The molecular weight excluding hydrogens is 386 g/mol. The van der Waals surface area contributed by atoms with E-state index in [9.17, 15) is 8.78 Å². The van der Waals surface area contributed by atoms with Gasteiger partial charge in [-0.1, -0.05) is 11.9 Å². The van der Waals surface area contributed by atoms with Gasteiger partial charge in [-0.05, 0) is 43.4 Å². The molecule has 148 valence electrons. The second-order valence-electron chi connectivity index (χ2n) is 6.49. The molecule has 0 saturated carbocycles. The number of hydrogen-bond acceptors (Lipinski definition) is 7. The zero-order valence-corrected chi connectivity index (χ0v) is 16.1. The van der Waals surface area contributed by atoms with E-state index < -0.39 is 6.43 Å². The predicted molar refractivity (Wildman–Crippen MR) is 104 cm³/mol. The number of nitrogens with one attached hydrogen (secondary N) is 1. The lowest BCUT2D eigenvalue weighted by Crippen LogP contribution is -2.41. The Morgan fingerprint density at radius 1 is 1.29 bits per heavy atom. The summed E-state index contributed by atoms with van der Waals surface area (Å²) in [5.74, 6) is 0.815. The number of fused-ring (bicyclic) bond motifs is 1. The number of piperidine rings is 1. The van der Waals surface area contributed by atoms with Gasteiger partial charge in [0, 0.05) is 24.8 Å². The fraction of sp³-hybridized carbons (Fsp3) is 0.389. The molecule has 3 aromatic rings. The molecule has 1 aliphatic heterocycles. The minimum Gasteiger partial charge on any atom is -0.354 e. The van der Waals surface area contributed by atoms with Crippen molar-refractivity contribution in [2.24, 2.45) is 0 Å². The summed E-state index contributed by atoms with van der Waals surface area (Å²) in [7, 11) is 0.